The number of halogens is 2. The van der Waals surface area contributed by atoms with Crippen LogP contribution in [0.25, 0.3) is 0 Å². The fourth-order valence-corrected chi connectivity index (χ4v) is 2.74. The van der Waals surface area contributed by atoms with Gasteiger partial charge in [0.15, 0.2) is 5.78 Å². The molecule has 0 fully saturated rings. The number of amides is 1. The zero-order valence-corrected chi connectivity index (χ0v) is 13.3. The average molecular weight is 339 g/mol. The first-order valence-electron chi connectivity index (χ1n) is 6.83. The Kier molecular flexibility index (Phi) is 5.44. The van der Waals surface area contributed by atoms with Crippen molar-refractivity contribution in [1.82, 2.24) is 5.32 Å². The van der Waals surface area contributed by atoms with Crippen LogP contribution in [0.2, 0.25) is 0 Å². The first-order valence-corrected chi connectivity index (χ1v) is 7.65. The number of Topliss-reactive ketones (excluding diaryl/α,β-unsaturated/α-hetero) is 1. The number of hydrogen-bond acceptors (Lipinski definition) is 4. The molecule has 0 spiro atoms. The van der Waals surface area contributed by atoms with Crippen LogP contribution < -0.4 is 10.1 Å². The molecule has 1 heterocycles. The summed E-state index contributed by atoms with van der Waals surface area (Å²) in [6.07, 6.45) is 0. The number of ether oxygens (including phenoxy) is 1. The van der Waals surface area contributed by atoms with E-state index in [1.165, 1.54) is 19.1 Å². The van der Waals surface area contributed by atoms with Crippen LogP contribution in [0.3, 0.4) is 0 Å². The van der Waals surface area contributed by atoms with Crippen LogP contribution in [0, 0.1) is 0 Å². The minimum Gasteiger partial charge on any atom is -0.435 e. The molecule has 23 heavy (non-hydrogen) atoms. The van der Waals surface area contributed by atoms with Gasteiger partial charge in [-0.2, -0.15) is 8.78 Å². The van der Waals surface area contributed by atoms with Gasteiger partial charge in [0.1, 0.15) is 5.75 Å². The minimum atomic E-state index is -2.87. The van der Waals surface area contributed by atoms with E-state index >= 15 is 0 Å². The van der Waals surface area contributed by atoms with Gasteiger partial charge in [0.25, 0.3) is 5.91 Å². The first kappa shape index (κ1) is 17.1. The summed E-state index contributed by atoms with van der Waals surface area (Å²) in [7, 11) is 0. The molecule has 0 radical (unpaired) electrons. The lowest BCUT2D eigenvalue weighted by molar-refractivity contribution is -0.0498. The molecule has 0 saturated carbocycles. The molecule has 4 nitrogen and oxygen atoms in total. The molecular weight excluding hydrogens is 324 g/mol. The number of nitrogens with one attached hydrogen (secondary N) is 1. The van der Waals surface area contributed by atoms with Gasteiger partial charge in [0.05, 0.1) is 15.8 Å². The molecule has 1 aromatic heterocycles. The van der Waals surface area contributed by atoms with Crippen molar-refractivity contribution >= 4 is 23.0 Å². The number of alkyl halides is 2. The van der Waals surface area contributed by atoms with Crippen LogP contribution >= 0.6 is 11.3 Å². The van der Waals surface area contributed by atoms with E-state index in [0.29, 0.717) is 9.75 Å². The molecule has 2 aromatic rings. The van der Waals surface area contributed by atoms with E-state index in [1.54, 1.807) is 31.2 Å². The summed E-state index contributed by atoms with van der Waals surface area (Å²) in [5.41, 5.74) is 0.753. The Morgan fingerprint density at radius 2 is 1.70 bits per heavy atom. The molecule has 0 aliphatic heterocycles. The minimum absolute atomic E-state index is 0.0617. The van der Waals surface area contributed by atoms with Crippen molar-refractivity contribution in [1.29, 1.82) is 0 Å². The van der Waals surface area contributed by atoms with Gasteiger partial charge in [-0.3, -0.25) is 9.59 Å². The molecule has 0 saturated heterocycles. The highest BCUT2D eigenvalue weighted by Gasteiger charge is 2.15. The van der Waals surface area contributed by atoms with Gasteiger partial charge in [0.2, 0.25) is 0 Å². The number of rotatable bonds is 6. The molecule has 1 aromatic carbocycles. The van der Waals surface area contributed by atoms with Crippen molar-refractivity contribution in [2.45, 2.75) is 26.5 Å². The molecule has 122 valence electrons. The van der Waals surface area contributed by atoms with Gasteiger partial charge >= 0.3 is 6.61 Å². The van der Waals surface area contributed by atoms with Gasteiger partial charge in [-0.1, -0.05) is 12.1 Å². The highest BCUT2D eigenvalue weighted by molar-refractivity contribution is 7.15. The summed E-state index contributed by atoms with van der Waals surface area (Å²) in [5.74, 6) is -0.314. The molecule has 1 N–H and O–H groups in total. The van der Waals surface area contributed by atoms with Crippen molar-refractivity contribution in [3.8, 4) is 5.75 Å². The SMILES string of the molecule is CC(=O)c1ccc(C(=O)NC(C)c2ccc(OC(F)F)cc2)s1. The highest BCUT2D eigenvalue weighted by Crippen LogP contribution is 2.21. The molecule has 0 aliphatic carbocycles. The van der Waals surface area contributed by atoms with E-state index in [4.69, 9.17) is 0 Å². The summed E-state index contributed by atoms with van der Waals surface area (Å²) < 4.78 is 28.5. The van der Waals surface area contributed by atoms with E-state index in [9.17, 15) is 18.4 Å². The Morgan fingerprint density at radius 3 is 2.22 bits per heavy atom. The predicted octanol–water partition coefficient (Wildman–Crippen LogP) is 4.04. The second-order valence-electron chi connectivity index (χ2n) is 4.86. The monoisotopic (exact) mass is 339 g/mol. The first-order chi connectivity index (χ1) is 10.9. The largest absolute Gasteiger partial charge is 0.435 e. The zero-order chi connectivity index (χ0) is 17.0. The number of benzene rings is 1. The summed E-state index contributed by atoms with van der Waals surface area (Å²) in [6.45, 7) is 0.353. The van der Waals surface area contributed by atoms with E-state index in [2.05, 4.69) is 10.1 Å². The van der Waals surface area contributed by atoms with Crippen LogP contribution in [0.4, 0.5) is 8.78 Å². The van der Waals surface area contributed by atoms with Gasteiger partial charge in [-0.25, -0.2) is 0 Å². The summed E-state index contributed by atoms with van der Waals surface area (Å²) in [6, 6.07) is 8.96. The molecular formula is C16H15F2NO3S. The maximum atomic E-state index is 12.1. The number of hydrogen-bond donors (Lipinski definition) is 1. The molecule has 0 aliphatic rings. The van der Waals surface area contributed by atoms with Crippen molar-refractivity contribution < 1.29 is 23.1 Å². The maximum Gasteiger partial charge on any atom is 0.387 e. The number of thiophene rings is 1. The summed E-state index contributed by atoms with van der Waals surface area (Å²) in [5, 5.41) is 2.80. The van der Waals surface area contributed by atoms with Crippen molar-refractivity contribution in [3.63, 3.8) is 0 Å². The molecule has 7 heteroatoms. The summed E-state index contributed by atoms with van der Waals surface area (Å²) >= 11 is 1.13. The van der Waals surface area contributed by atoms with Gasteiger partial charge in [-0.05, 0) is 43.7 Å². The van der Waals surface area contributed by atoms with E-state index in [0.717, 1.165) is 16.9 Å². The highest BCUT2D eigenvalue weighted by atomic mass is 32.1. The second-order valence-corrected chi connectivity index (χ2v) is 5.95. The van der Waals surface area contributed by atoms with Crippen LogP contribution in [0.1, 0.15) is 44.8 Å². The third-order valence-corrected chi connectivity index (χ3v) is 4.31. The van der Waals surface area contributed by atoms with Crippen molar-refractivity contribution in [2.75, 3.05) is 0 Å². The number of carbonyl (C=O) groups excluding carboxylic acids is 2. The van der Waals surface area contributed by atoms with Crippen molar-refractivity contribution in [2.24, 2.45) is 0 Å². The van der Waals surface area contributed by atoms with E-state index in [-0.39, 0.29) is 23.5 Å². The second kappa shape index (κ2) is 7.32. The van der Waals surface area contributed by atoms with Gasteiger partial charge in [0, 0.05) is 0 Å². The molecule has 2 rings (SSSR count). The Bertz CT molecular complexity index is 698. The van der Waals surface area contributed by atoms with Gasteiger partial charge < -0.3 is 10.1 Å². The van der Waals surface area contributed by atoms with E-state index < -0.39 is 6.61 Å². The van der Waals surface area contributed by atoms with Crippen LogP contribution in [-0.2, 0) is 0 Å². The van der Waals surface area contributed by atoms with Crippen LogP contribution in [0.5, 0.6) is 5.75 Å². The predicted molar refractivity (Wildman–Crippen MR) is 83.3 cm³/mol. The molecule has 0 bridgehead atoms. The standard InChI is InChI=1S/C16H15F2NO3S/c1-9(11-3-5-12(6-4-11)22-16(17)18)19-15(21)14-8-7-13(23-14)10(2)20/h3-9,16H,1-2H3,(H,19,21). The summed E-state index contributed by atoms with van der Waals surface area (Å²) in [4.78, 5) is 24.4. The molecule has 1 amide bonds. The molecule has 1 unspecified atom stereocenters. The fraction of sp³-hybridized carbons (Fsp3) is 0.250. The maximum absolute atomic E-state index is 12.1. The Balaban J connectivity index is 2.01. The number of carbonyl (C=O) groups is 2. The third-order valence-electron chi connectivity index (χ3n) is 3.13. The lowest BCUT2D eigenvalue weighted by atomic mass is 10.1. The smallest absolute Gasteiger partial charge is 0.387 e. The lowest BCUT2D eigenvalue weighted by Crippen LogP contribution is -2.25. The normalized spacial score (nSPS) is 12.0. The van der Waals surface area contributed by atoms with Crippen LogP contribution in [0.15, 0.2) is 36.4 Å². The van der Waals surface area contributed by atoms with Gasteiger partial charge in [-0.15, -0.1) is 11.3 Å². The Hall–Kier alpha value is -2.28. The molecule has 1 atom stereocenters. The lowest BCUT2D eigenvalue weighted by Gasteiger charge is -2.14. The topological polar surface area (TPSA) is 55.4 Å². The van der Waals surface area contributed by atoms with Crippen LogP contribution in [-0.4, -0.2) is 18.3 Å². The zero-order valence-electron chi connectivity index (χ0n) is 12.5. The number of ketones is 1. The Labute approximate surface area is 136 Å². The Morgan fingerprint density at radius 1 is 1.09 bits per heavy atom. The van der Waals surface area contributed by atoms with E-state index in [1.807, 2.05) is 0 Å². The fourth-order valence-electron chi connectivity index (χ4n) is 1.94. The average Bonchev–Trinajstić information content (AvgIpc) is 2.97. The quantitative estimate of drug-likeness (QED) is 0.808. The third kappa shape index (κ3) is 4.59. The van der Waals surface area contributed by atoms with Crippen molar-refractivity contribution in [3.05, 3.63) is 51.7 Å².